The monoisotopic (exact) mass is 335 g/mol. The molecular formula is C18H29N3OS. The van der Waals surface area contributed by atoms with E-state index in [4.69, 9.17) is 0 Å². The van der Waals surface area contributed by atoms with Crippen molar-refractivity contribution in [3.05, 3.63) is 16.6 Å². The number of carbonyl (C=O) groups is 1. The molecule has 2 fully saturated rings. The lowest BCUT2D eigenvalue weighted by atomic mass is 9.86. The van der Waals surface area contributed by atoms with Crippen LogP contribution < -0.4 is 5.32 Å². The maximum atomic E-state index is 12.9. The quantitative estimate of drug-likeness (QED) is 0.865. The molecule has 0 bridgehead atoms. The van der Waals surface area contributed by atoms with E-state index >= 15 is 0 Å². The molecule has 0 radical (unpaired) electrons. The molecule has 1 aromatic rings. The predicted molar refractivity (Wildman–Crippen MR) is 94.4 cm³/mol. The molecule has 5 heteroatoms. The number of carbonyl (C=O) groups excluding carboxylic acids is 1. The van der Waals surface area contributed by atoms with Crippen LogP contribution in [0, 0.1) is 5.92 Å². The molecule has 0 unspecified atom stereocenters. The molecule has 1 aromatic heterocycles. The lowest BCUT2D eigenvalue weighted by Crippen LogP contribution is -2.50. The molecule has 128 valence electrons. The summed E-state index contributed by atoms with van der Waals surface area (Å²) in [5.41, 5.74) is -0.250. The third-order valence-corrected chi connectivity index (χ3v) is 6.35. The van der Waals surface area contributed by atoms with Gasteiger partial charge in [-0.2, -0.15) is 0 Å². The fraction of sp³-hybridized carbons (Fsp3) is 0.778. The van der Waals surface area contributed by atoms with Gasteiger partial charge in [-0.25, -0.2) is 4.98 Å². The Morgan fingerprint density at radius 1 is 1.26 bits per heavy atom. The minimum atomic E-state index is -0.250. The lowest BCUT2D eigenvalue weighted by Gasteiger charge is -2.37. The second-order valence-corrected chi connectivity index (χ2v) is 8.66. The molecule has 0 saturated heterocycles. The molecule has 3 rings (SSSR count). The number of hydrogen-bond acceptors (Lipinski definition) is 4. The van der Waals surface area contributed by atoms with Crippen LogP contribution in [0.3, 0.4) is 0 Å². The predicted octanol–water partition coefficient (Wildman–Crippen LogP) is 3.54. The van der Waals surface area contributed by atoms with E-state index in [1.54, 1.807) is 11.3 Å². The van der Waals surface area contributed by atoms with Gasteiger partial charge in [0.05, 0.1) is 12.1 Å². The van der Waals surface area contributed by atoms with Crippen molar-refractivity contribution < 1.29 is 4.79 Å². The van der Waals surface area contributed by atoms with Crippen molar-refractivity contribution in [2.45, 2.75) is 76.9 Å². The zero-order chi connectivity index (χ0) is 16.4. The minimum absolute atomic E-state index is 0.250. The summed E-state index contributed by atoms with van der Waals surface area (Å²) in [4.78, 5) is 19.5. The highest BCUT2D eigenvalue weighted by atomic mass is 32.1. The van der Waals surface area contributed by atoms with E-state index in [0.29, 0.717) is 18.6 Å². The van der Waals surface area contributed by atoms with Gasteiger partial charge < -0.3 is 4.90 Å². The number of nitrogens with one attached hydrogen (secondary N) is 1. The van der Waals surface area contributed by atoms with E-state index in [1.807, 2.05) is 11.6 Å². The van der Waals surface area contributed by atoms with Crippen molar-refractivity contribution in [3.63, 3.8) is 0 Å². The molecule has 0 aliphatic heterocycles. The molecule has 1 amide bonds. The van der Waals surface area contributed by atoms with Gasteiger partial charge in [0.15, 0.2) is 0 Å². The maximum absolute atomic E-state index is 12.9. The standard InChI is InChI=1S/C18H29N3OS/c1-13-4-6-14(7-5-13)21(15-8-9-15)16(22)12-20-18(2,3)17-19-10-11-23-17/h10-11,13-15,20H,4-9,12H2,1-3H3. The largest absolute Gasteiger partial charge is 0.336 e. The van der Waals surface area contributed by atoms with Gasteiger partial charge in [0.25, 0.3) is 0 Å². The van der Waals surface area contributed by atoms with Crippen molar-refractivity contribution in [2.75, 3.05) is 6.54 Å². The summed E-state index contributed by atoms with van der Waals surface area (Å²) in [5.74, 6) is 1.10. The highest BCUT2D eigenvalue weighted by Gasteiger charge is 2.38. The Morgan fingerprint density at radius 3 is 2.39 bits per heavy atom. The summed E-state index contributed by atoms with van der Waals surface area (Å²) < 4.78 is 0. The number of amides is 1. The first-order chi connectivity index (χ1) is 11.0. The molecule has 2 aliphatic rings. The van der Waals surface area contributed by atoms with Crippen LogP contribution in [0.25, 0.3) is 0 Å². The van der Waals surface area contributed by atoms with Crippen LogP contribution in [0.4, 0.5) is 0 Å². The van der Waals surface area contributed by atoms with Gasteiger partial charge in [-0.05, 0) is 58.3 Å². The molecule has 1 N–H and O–H groups in total. The highest BCUT2D eigenvalue weighted by Crippen LogP contribution is 2.35. The molecule has 2 aliphatic carbocycles. The smallest absolute Gasteiger partial charge is 0.237 e. The van der Waals surface area contributed by atoms with Crippen LogP contribution in [0.5, 0.6) is 0 Å². The third-order valence-electron chi connectivity index (χ3n) is 5.26. The van der Waals surface area contributed by atoms with E-state index in [2.05, 4.69) is 36.0 Å². The van der Waals surface area contributed by atoms with E-state index in [0.717, 1.165) is 10.9 Å². The summed E-state index contributed by atoms with van der Waals surface area (Å²) in [6.45, 7) is 6.94. The van der Waals surface area contributed by atoms with Crippen molar-refractivity contribution in [2.24, 2.45) is 5.92 Å². The summed E-state index contributed by atoms with van der Waals surface area (Å²) in [6.07, 6.45) is 9.09. The van der Waals surface area contributed by atoms with Gasteiger partial charge in [-0.3, -0.25) is 10.1 Å². The number of aromatic nitrogens is 1. The Balaban J connectivity index is 1.59. The van der Waals surface area contributed by atoms with Crippen LogP contribution in [0.2, 0.25) is 0 Å². The normalized spacial score (nSPS) is 25.3. The first kappa shape index (κ1) is 16.9. The highest BCUT2D eigenvalue weighted by molar-refractivity contribution is 7.09. The maximum Gasteiger partial charge on any atom is 0.237 e. The van der Waals surface area contributed by atoms with Gasteiger partial charge in [-0.1, -0.05) is 6.92 Å². The van der Waals surface area contributed by atoms with Crippen molar-refractivity contribution in [1.29, 1.82) is 0 Å². The molecule has 4 nitrogen and oxygen atoms in total. The van der Waals surface area contributed by atoms with Crippen LogP contribution in [0.15, 0.2) is 11.6 Å². The van der Waals surface area contributed by atoms with E-state index < -0.39 is 0 Å². The number of hydrogen-bond donors (Lipinski definition) is 1. The SMILES string of the molecule is CC1CCC(N(C(=O)CNC(C)(C)c2nccs2)C2CC2)CC1. The first-order valence-electron chi connectivity index (χ1n) is 8.93. The van der Waals surface area contributed by atoms with Crippen LogP contribution in [-0.4, -0.2) is 34.4 Å². The second-order valence-electron chi connectivity index (χ2n) is 7.76. The number of nitrogens with zero attached hydrogens (tertiary/aromatic N) is 2. The summed E-state index contributed by atoms with van der Waals surface area (Å²) in [5, 5.41) is 6.45. The summed E-state index contributed by atoms with van der Waals surface area (Å²) >= 11 is 1.64. The Kier molecular flexibility index (Phi) is 5.07. The van der Waals surface area contributed by atoms with Crippen LogP contribution >= 0.6 is 11.3 Å². The zero-order valence-electron chi connectivity index (χ0n) is 14.5. The van der Waals surface area contributed by atoms with Gasteiger partial charge in [0.2, 0.25) is 5.91 Å². The Morgan fingerprint density at radius 2 is 1.87 bits per heavy atom. The molecule has 1 heterocycles. The Bertz CT molecular complexity index is 516. The zero-order valence-corrected chi connectivity index (χ0v) is 15.4. The fourth-order valence-electron chi connectivity index (χ4n) is 3.57. The second kappa shape index (κ2) is 6.89. The fourth-order valence-corrected chi connectivity index (χ4v) is 4.31. The minimum Gasteiger partial charge on any atom is -0.336 e. The molecule has 2 saturated carbocycles. The summed E-state index contributed by atoms with van der Waals surface area (Å²) in [7, 11) is 0. The van der Waals surface area contributed by atoms with Crippen molar-refractivity contribution >= 4 is 17.2 Å². The van der Waals surface area contributed by atoms with Crippen LogP contribution in [-0.2, 0) is 10.3 Å². The van der Waals surface area contributed by atoms with Crippen LogP contribution in [0.1, 0.15) is 64.3 Å². The molecule has 0 aromatic carbocycles. The number of rotatable bonds is 6. The summed E-state index contributed by atoms with van der Waals surface area (Å²) in [6, 6.07) is 0.974. The lowest BCUT2D eigenvalue weighted by molar-refractivity contribution is -0.134. The third kappa shape index (κ3) is 4.13. The Labute approximate surface area is 143 Å². The van der Waals surface area contributed by atoms with Gasteiger partial charge in [0.1, 0.15) is 5.01 Å². The Hall–Kier alpha value is -0.940. The molecule has 23 heavy (non-hydrogen) atoms. The number of thiazole rings is 1. The van der Waals surface area contributed by atoms with E-state index in [-0.39, 0.29) is 11.4 Å². The van der Waals surface area contributed by atoms with E-state index in [9.17, 15) is 4.79 Å². The average molecular weight is 336 g/mol. The topological polar surface area (TPSA) is 45.2 Å². The van der Waals surface area contributed by atoms with Gasteiger partial charge in [0, 0.05) is 23.7 Å². The van der Waals surface area contributed by atoms with Gasteiger partial charge in [-0.15, -0.1) is 11.3 Å². The molecule has 0 spiro atoms. The van der Waals surface area contributed by atoms with E-state index in [1.165, 1.54) is 38.5 Å². The molecular weight excluding hydrogens is 306 g/mol. The van der Waals surface area contributed by atoms with Crippen molar-refractivity contribution in [1.82, 2.24) is 15.2 Å². The van der Waals surface area contributed by atoms with Gasteiger partial charge >= 0.3 is 0 Å². The average Bonchev–Trinajstić information content (AvgIpc) is 3.18. The first-order valence-corrected chi connectivity index (χ1v) is 9.81. The van der Waals surface area contributed by atoms with Crippen molar-refractivity contribution in [3.8, 4) is 0 Å². The molecule has 0 atom stereocenters.